The Kier molecular flexibility index (Phi) is 4.11. The molecule has 1 saturated heterocycles. The van der Waals surface area contributed by atoms with E-state index < -0.39 is 0 Å². The molecule has 1 aromatic heterocycles. The summed E-state index contributed by atoms with van der Waals surface area (Å²) in [7, 11) is 1.84. The molecule has 6 heteroatoms. The van der Waals surface area contributed by atoms with E-state index in [1.807, 2.05) is 7.05 Å². The van der Waals surface area contributed by atoms with Gasteiger partial charge in [0.15, 0.2) is 0 Å². The Bertz CT molecular complexity index is 351. The molecule has 0 aromatic carbocycles. The molecule has 0 atom stereocenters. The van der Waals surface area contributed by atoms with Crippen molar-refractivity contribution in [2.24, 2.45) is 0 Å². The van der Waals surface area contributed by atoms with Crippen molar-refractivity contribution >= 4 is 11.6 Å². The molecule has 0 aliphatic carbocycles. The number of hydrogen-bond acceptors (Lipinski definition) is 6. The van der Waals surface area contributed by atoms with E-state index >= 15 is 0 Å². The van der Waals surface area contributed by atoms with Gasteiger partial charge in [0.1, 0.15) is 11.6 Å². The average Bonchev–Trinajstić information content (AvgIpc) is 2.40. The summed E-state index contributed by atoms with van der Waals surface area (Å²) in [6, 6.07) is 0. The second-order valence-corrected chi connectivity index (χ2v) is 4.06. The Morgan fingerprint density at radius 2 is 2.06 bits per heavy atom. The predicted molar refractivity (Wildman–Crippen MR) is 67.3 cm³/mol. The van der Waals surface area contributed by atoms with Gasteiger partial charge >= 0.3 is 0 Å². The van der Waals surface area contributed by atoms with Crippen LogP contribution in [0.1, 0.15) is 0 Å². The molecule has 0 saturated carbocycles. The number of aliphatic hydroxyl groups excluding tert-OH is 1. The molecule has 17 heavy (non-hydrogen) atoms. The third-order valence-electron chi connectivity index (χ3n) is 2.99. The van der Waals surface area contributed by atoms with Gasteiger partial charge in [-0.3, -0.25) is 9.88 Å². The maximum absolute atomic E-state index is 8.88. The van der Waals surface area contributed by atoms with Gasteiger partial charge in [-0.15, -0.1) is 0 Å². The quantitative estimate of drug-likeness (QED) is 0.745. The molecule has 2 N–H and O–H groups in total. The molecule has 0 spiro atoms. The maximum atomic E-state index is 8.88. The highest BCUT2D eigenvalue weighted by atomic mass is 16.3. The highest BCUT2D eigenvalue weighted by Crippen LogP contribution is 2.14. The number of piperazine rings is 1. The van der Waals surface area contributed by atoms with E-state index in [2.05, 4.69) is 25.1 Å². The molecule has 2 rings (SSSR count). The zero-order valence-corrected chi connectivity index (χ0v) is 10.1. The summed E-state index contributed by atoms with van der Waals surface area (Å²) in [6.07, 6.45) is 3.51. The monoisotopic (exact) mass is 237 g/mol. The largest absolute Gasteiger partial charge is 0.395 e. The van der Waals surface area contributed by atoms with Crippen LogP contribution < -0.4 is 10.2 Å². The molecular formula is C11H19N5O. The Labute approximate surface area is 101 Å². The SMILES string of the molecule is CNc1cncc(N2CCN(CCO)CC2)n1. The van der Waals surface area contributed by atoms with Crippen LogP contribution in [0.3, 0.4) is 0 Å². The summed E-state index contributed by atoms with van der Waals surface area (Å²) in [5.41, 5.74) is 0. The maximum Gasteiger partial charge on any atom is 0.149 e. The van der Waals surface area contributed by atoms with Crippen LogP contribution in [-0.2, 0) is 0 Å². The van der Waals surface area contributed by atoms with Gasteiger partial charge in [0.25, 0.3) is 0 Å². The Morgan fingerprint density at radius 3 is 2.71 bits per heavy atom. The highest BCUT2D eigenvalue weighted by Gasteiger charge is 2.17. The Hall–Kier alpha value is -1.40. The molecule has 1 aromatic rings. The molecule has 0 unspecified atom stereocenters. The smallest absolute Gasteiger partial charge is 0.149 e. The highest BCUT2D eigenvalue weighted by molar-refractivity contribution is 5.43. The van der Waals surface area contributed by atoms with Crippen molar-refractivity contribution < 1.29 is 5.11 Å². The molecule has 6 nitrogen and oxygen atoms in total. The first-order chi connectivity index (χ1) is 8.33. The minimum atomic E-state index is 0.231. The van der Waals surface area contributed by atoms with Gasteiger partial charge in [0.05, 0.1) is 19.0 Å². The van der Waals surface area contributed by atoms with E-state index in [0.717, 1.165) is 44.4 Å². The fourth-order valence-corrected chi connectivity index (χ4v) is 1.97. The van der Waals surface area contributed by atoms with Gasteiger partial charge in [-0.25, -0.2) is 4.98 Å². The van der Waals surface area contributed by atoms with Gasteiger partial charge in [0, 0.05) is 39.8 Å². The standard InChI is InChI=1S/C11H19N5O/c1-12-10-8-13-9-11(14-10)16-4-2-15(3-5-16)6-7-17/h8-9,17H,2-7H2,1H3,(H,12,14). The van der Waals surface area contributed by atoms with Crippen LogP contribution in [0.4, 0.5) is 11.6 Å². The minimum Gasteiger partial charge on any atom is -0.395 e. The van der Waals surface area contributed by atoms with Crippen molar-refractivity contribution in [3.8, 4) is 0 Å². The first-order valence-electron chi connectivity index (χ1n) is 5.91. The predicted octanol–water partition coefficient (Wildman–Crippen LogP) is -0.367. The first-order valence-corrected chi connectivity index (χ1v) is 5.91. The summed E-state index contributed by atoms with van der Waals surface area (Å²) >= 11 is 0. The van der Waals surface area contributed by atoms with Crippen molar-refractivity contribution in [1.29, 1.82) is 0 Å². The summed E-state index contributed by atoms with van der Waals surface area (Å²) in [4.78, 5) is 13.1. The number of rotatable bonds is 4. The average molecular weight is 237 g/mol. The number of β-amino-alcohol motifs (C(OH)–C–C–N with tert-alkyl or cyclic N) is 1. The van der Waals surface area contributed by atoms with Crippen LogP contribution >= 0.6 is 0 Å². The van der Waals surface area contributed by atoms with E-state index in [-0.39, 0.29) is 6.61 Å². The van der Waals surface area contributed by atoms with Gasteiger partial charge in [-0.05, 0) is 0 Å². The Balaban J connectivity index is 1.95. The molecular weight excluding hydrogens is 218 g/mol. The van der Waals surface area contributed by atoms with E-state index in [0.29, 0.717) is 0 Å². The van der Waals surface area contributed by atoms with E-state index in [4.69, 9.17) is 5.11 Å². The van der Waals surface area contributed by atoms with Crippen LogP contribution in [0.25, 0.3) is 0 Å². The second kappa shape index (κ2) is 5.79. The van der Waals surface area contributed by atoms with Gasteiger partial charge < -0.3 is 15.3 Å². The number of aliphatic hydroxyl groups is 1. The molecule has 1 fully saturated rings. The summed E-state index contributed by atoms with van der Waals surface area (Å²) in [5.74, 6) is 1.71. The summed E-state index contributed by atoms with van der Waals surface area (Å²) in [5, 5.41) is 11.9. The van der Waals surface area contributed by atoms with Crippen molar-refractivity contribution in [1.82, 2.24) is 14.9 Å². The molecule has 0 radical (unpaired) electrons. The van der Waals surface area contributed by atoms with Crippen LogP contribution in [0.2, 0.25) is 0 Å². The summed E-state index contributed by atoms with van der Waals surface area (Å²) < 4.78 is 0. The van der Waals surface area contributed by atoms with E-state index in [1.54, 1.807) is 12.4 Å². The number of aromatic nitrogens is 2. The third kappa shape index (κ3) is 3.04. The third-order valence-corrected chi connectivity index (χ3v) is 2.99. The lowest BCUT2D eigenvalue weighted by atomic mass is 10.3. The molecule has 0 amide bonds. The normalized spacial score (nSPS) is 17.2. The molecule has 0 bridgehead atoms. The fourth-order valence-electron chi connectivity index (χ4n) is 1.97. The first kappa shape index (κ1) is 12.1. The van der Waals surface area contributed by atoms with E-state index in [1.165, 1.54) is 0 Å². The zero-order chi connectivity index (χ0) is 12.1. The molecule has 2 heterocycles. The van der Waals surface area contributed by atoms with Gasteiger partial charge in [0.2, 0.25) is 0 Å². The van der Waals surface area contributed by atoms with Crippen LogP contribution in [-0.4, -0.2) is 66.4 Å². The lowest BCUT2D eigenvalue weighted by Gasteiger charge is -2.34. The number of hydrogen-bond donors (Lipinski definition) is 2. The zero-order valence-electron chi connectivity index (χ0n) is 10.1. The van der Waals surface area contributed by atoms with Crippen molar-refractivity contribution in [2.45, 2.75) is 0 Å². The second-order valence-electron chi connectivity index (χ2n) is 4.06. The topological polar surface area (TPSA) is 64.5 Å². The fraction of sp³-hybridized carbons (Fsp3) is 0.636. The number of nitrogens with one attached hydrogen (secondary N) is 1. The van der Waals surface area contributed by atoms with Gasteiger partial charge in [-0.2, -0.15) is 0 Å². The Morgan fingerprint density at radius 1 is 1.29 bits per heavy atom. The molecule has 1 aliphatic heterocycles. The van der Waals surface area contributed by atoms with E-state index in [9.17, 15) is 0 Å². The van der Waals surface area contributed by atoms with Crippen LogP contribution in [0.5, 0.6) is 0 Å². The van der Waals surface area contributed by atoms with Crippen LogP contribution in [0, 0.1) is 0 Å². The van der Waals surface area contributed by atoms with Crippen molar-refractivity contribution in [3.05, 3.63) is 12.4 Å². The number of nitrogens with zero attached hydrogens (tertiary/aromatic N) is 4. The summed E-state index contributed by atoms with van der Waals surface area (Å²) in [6.45, 7) is 4.78. The van der Waals surface area contributed by atoms with Crippen molar-refractivity contribution in [3.63, 3.8) is 0 Å². The van der Waals surface area contributed by atoms with Crippen LogP contribution in [0.15, 0.2) is 12.4 Å². The molecule has 94 valence electrons. The van der Waals surface area contributed by atoms with Gasteiger partial charge in [-0.1, -0.05) is 0 Å². The number of anilines is 2. The lowest BCUT2D eigenvalue weighted by Crippen LogP contribution is -2.47. The van der Waals surface area contributed by atoms with Crippen molar-refractivity contribution in [2.75, 3.05) is 56.6 Å². The minimum absolute atomic E-state index is 0.231. The lowest BCUT2D eigenvalue weighted by molar-refractivity contribution is 0.188. The molecule has 1 aliphatic rings.